The van der Waals surface area contributed by atoms with Crippen LogP contribution < -0.4 is 9.64 Å². The Morgan fingerprint density at radius 3 is 1.68 bits per heavy atom. The molecule has 4 aromatic rings. The molecule has 0 fully saturated rings. The van der Waals surface area contributed by atoms with Crippen LogP contribution >= 0.6 is 0 Å². The first-order chi connectivity index (χ1) is 18.2. The number of nitrogens with zero attached hydrogens (tertiary/aromatic N) is 2. The third-order valence-electron chi connectivity index (χ3n) is 8.12. The second-order valence-electron chi connectivity index (χ2n) is 12.2. The Morgan fingerprint density at radius 1 is 0.605 bits per heavy atom. The zero-order chi connectivity index (χ0) is 26.4. The number of anilines is 1. The lowest BCUT2D eigenvalue weighted by molar-refractivity contribution is 0.136. The van der Waals surface area contributed by atoms with Gasteiger partial charge in [0.2, 0.25) is 0 Å². The Hall–Kier alpha value is -3.56. The highest BCUT2D eigenvalue weighted by Gasteiger charge is 2.28. The number of fused-ring (bicyclic) bond motifs is 2. The van der Waals surface area contributed by atoms with Gasteiger partial charge >= 0.3 is 0 Å². The molecule has 0 radical (unpaired) electrons. The van der Waals surface area contributed by atoms with Crippen LogP contribution in [0.25, 0.3) is 11.1 Å². The van der Waals surface area contributed by atoms with E-state index in [2.05, 4.69) is 129 Å². The summed E-state index contributed by atoms with van der Waals surface area (Å²) in [6, 6.07) is 30.9. The van der Waals surface area contributed by atoms with Crippen molar-refractivity contribution in [2.24, 2.45) is 0 Å². The Bertz CT molecular complexity index is 1450. The van der Waals surface area contributed by atoms with E-state index < -0.39 is 0 Å². The van der Waals surface area contributed by atoms with Crippen molar-refractivity contribution in [2.75, 3.05) is 4.90 Å². The standard InChI is InChI=1S/C35H38N2O/c1-24(2)25-10-14-33(15-11-25)38-34-16-12-32(13-17-34)36-20-28-8-6-26(18-30(28)21-36)27-7-9-29-22-37(35(3,4)5)23-31(29)19-27/h6-19,24H,20-23H2,1-5H3. The molecular formula is C35H38N2O. The normalized spacial score (nSPS) is 15.2. The molecule has 0 bridgehead atoms. The SMILES string of the molecule is CC(C)c1ccc(Oc2ccc(N3Cc4ccc(-c5ccc6c(c5)CN(C(C)(C)C)C6)cc4C3)cc2)cc1. The van der Waals surface area contributed by atoms with Crippen LogP contribution in [0, 0.1) is 0 Å². The van der Waals surface area contributed by atoms with Crippen molar-refractivity contribution in [3.8, 4) is 22.6 Å². The number of hydrogen-bond acceptors (Lipinski definition) is 3. The first-order valence-electron chi connectivity index (χ1n) is 13.8. The lowest BCUT2D eigenvalue weighted by atomic mass is 9.98. The monoisotopic (exact) mass is 502 g/mol. The van der Waals surface area contributed by atoms with Gasteiger partial charge in [-0.15, -0.1) is 0 Å². The molecule has 0 amide bonds. The summed E-state index contributed by atoms with van der Waals surface area (Å²) in [6.07, 6.45) is 0. The van der Waals surface area contributed by atoms with Crippen LogP contribution in [0.1, 0.15) is 68.4 Å². The van der Waals surface area contributed by atoms with Gasteiger partial charge in [0.1, 0.15) is 11.5 Å². The second-order valence-corrected chi connectivity index (χ2v) is 12.2. The summed E-state index contributed by atoms with van der Waals surface area (Å²) in [7, 11) is 0. The summed E-state index contributed by atoms with van der Waals surface area (Å²) in [5.41, 5.74) is 11.2. The third-order valence-corrected chi connectivity index (χ3v) is 8.12. The second kappa shape index (κ2) is 9.63. The van der Waals surface area contributed by atoms with Crippen molar-refractivity contribution in [1.29, 1.82) is 0 Å². The molecule has 0 saturated carbocycles. The van der Waals surface area contributed by atoms with Crippen LogP contribution in [0.15, 0.2) is 84.9 Å². The largest absolute Gasteiger partial charge is 0.457 e. The van der Waals surface area contributed by atoms with E-state index in [1.165, 1.54) is 44.6 Å². The predicted molar refractivity (Wildman–Crippen MR) is 158 cm³/mol. The van der Waals surface area contributed by atoms with Gasteiger partial charge in [-0.25, -0.2) is 0 Å². The summed E-state index contributed by atoms with van der Waals surface area (Å²) < 4.78 is 6.09. The fourth-order valence-electron chi connectivity index (χ4n) is 5.59. The quantitative estimate of drug-likeness (QED) is 0.271. The molecule has 4 aromatic carbocycles. The molecule has 3 heteroatoms. The molecule has 0 unspecified atom stereocenters. The summed E-state index contributed by atoms with van der Waals surface area (Å²) in [5, 5.41) is 0. The van der Waals surface area contributed by atoms with Crippen molar-refractivity contribution in [2.45, 2.75) is 72.3 Å². The van der Waals surface area contributed by atoms with Gasteiger partial charge < -0.3 is 9.64 Å². The highest BCUT2D eigenvalue weighted by molar-refractivity contribution is 5.68. The maximum absolute atomic E-state index is 6.09. The molecule has 0 N–H and O–H groups in total. The lowest BCUT2D eigenvalue weighted by Crippen LogP contribution is -2.36. The van der Waals surface area contributed by atoms with Gasteiger partial charge in [0.15, 0.2) is 0 Å². The molecule has 2 heterocycles. The van der Waals surface area contributed by atoms with Gasteiger partial charge in [0.05, 0.1) is 0 Å². The van der Waals surface area contributed by atoms with Gasteiger partial charge in [-0.05, 0) is 114 Å². The van der Waals surface area contributed by atoms with Gasteiger partial charge in [-0.1, -0.05) is 50.2 Å². The molecule has 194 valence electrons. The highest BCUT2D eigenvalue weighted by Crippen LogP contribution is 2.36. The Balaban J connectivity index is 1.13. The average molecular weight is 503 g/mol. The van der Waals surface area contributed by atoms with Gasteiger partial charge in [-0.2, -0.15) is 0 Å². The summed E-state index contributed by atoms with van der Waals surface area (Å²) in [6.45, 7) is 15.3. The Labute approximate surface area is 227 Å². The average Bonchev–Trinajstić information content (AvgIpc) is 3.53. The minimum atomic E-state index is 0.194. The van der Waals surface area contributed by atoms with E-state index in [0.29, 0.717) is 5.92 Å². The molecule has 0 aliphatic carbocycles. The maximum atomic E-state index is 6.09. The van der Waals surface area contributed by atoms with Crippen molar-refractivity contribution >= 4 is 5.69 Å². The van der Waals surface area contributed by atoms with Gasteiger partial charge in [-0.3, -0.25) is 4.90 Å². The fourth-order valence-corrected chi connectivity index (χ4v) is 5.59. The van der Waals surface area contributed by atoms with E-state index in [-0.39, 0.29) is 5.54 Å². The van der Waals surface area contributed by atoms with Crippen LogP contribution in [-0.4, -0.2) is 10.4 Å². The smallest absolute Gasteiger partial charge is 0.127 e. The molecule has 0 atom stereocenters. The van der Waals surface area contributed by atoms with Crippen molar-refractivity contribution in [1.82, 2.24) is 4.90 Å². The van der Waals surface area contributed by atoms with E-state index in [1.807, 2.05) is 0 Å². The van der Waals surface area contributed by atoms with Gasteiger partial charge in [0, 0.05) is 37.4 Å². The molecule has 0 aromatic heterocycles. The number of rotatable bonds is 5. The van der Waals surface area contributed by atoms with E-state index in [9.17, 15) is 0 Å². The van der Waals surface area contributed by atoms with Crippen LogP contribution in [0.3, 0.4) is 0 Å². The third kappa shape index (κ3) is 4.96. The molecule has 2 aliphatic heterocycles. The van der Waals surface area contributed by atoms with Crippen LogP contribution in [-0.2, 0) is 26.2 Å². The first kappa shape index (κ1) is 24.8. The maximum Gasteiger partial charge on any atom is 0.127 e. The summed E-state index contributed by atoms with van der Waals surface area (Å²) >= 11 is 0. The van der Waals surface area contributed by atoms with E-state index in [0.717, 1.165) is 37.7 Å². The molecule has 2 aliphatic rings. The predicted octanol–water partition coefficient (Wildman–Crippen LogP) is 8.90. The highest BCUT2D eigenvalue weighted by atomic mass is 16.5. The first-order valence-corrected chi connectivity index (χ1v) is 13.8. The zero-order valence-corrected chi connectivity index (χ0v) is 23.3. The van der Waals surface area contributed by atoms with Crippen LogP contribution in [0.5, 0.6) is 11.5 Å². The number of ether oxygens (including phenoxy) is 1. The minimum Gasteiger partial charge on any atom is -0.457 e. The lowest BCUT2D eigenvalue weighted by Gasteiger charge is -2.31. The molecule has 38 heavy (non-hydrogen) atoms. The van der Waals surface area contributed by atoms with Crippen LogP contribution in [0.2, 0.25) is 0 Å². The Kier molecular flexibility index (Phi) is 6.28. The van der Waals surface area contributed by atoms with Crippen molar-refractivity contribution < 1.29 is 4.74 Å². The number of hydrogen-bond donors (Lipinski definition) is 0. The molecular weight excluding hydrogens is 464 g/mol. The molecule has 0 spiro atoms. The van der Waals surface area contributed by atoms with Crippen LogP contribution in [0.4, 0.5) is 5.69 Å². The summed E-state index contributed by atoms with van der Waals surface area (Å²) in [5.74, 6) is 2.27. The molecule has 6 rings (SSSR count). The topological polar surface area (TPSA) is 15.7 Å². The number of benzene rings is 4. The molecule has 3 nitrogen and oxygen atoms in total. The van der Waals surface area contributed by atoms with E-state index in [1.54, 1.807) is 0 Å². The zero-order valence-electron chi connectivity index (χ0n) is 23.3. The van der Waals surface area contributed by atoms with E-state index in [4.69, 9.17) is 4.74 Å². The van der Waals surface area contributed by atoms with Crippen molar-refractivity contribution in [3.05, 3.63) is 113 Å². The summed E-state index contributed by atoms with van der Waals surface area (Å²) in [4.78, 5) is 5.00. The van der Waals surface area contributed by atoms with Crippen molar-refractivity contribution in [3.63, 3.8) is 0 Å². The minimum absolute atomic E-state index is 0.194. The van der Waals surface area contributed by atoms with E-state index >= 15 is 0 Å². The Morgan fingerprint density at radius 2 is 1.11 bits per heavy atom. The van der Waals surface area contributed by atoms with Gasteiger partial charge in [0.25, 0.3) is 0 Å². The fraction of sp³-hybridized carbons (Fsp3) is 0.314. The molecule has 0 saturated heterocycles.